The first-order chi connectivity index (χ1) is 17.2. The molecule has 4 rings (SSSR count). The van der Waals surface area contributed by atoms with Gasteiger partial charge < -0.3 is 15.8 Å². The minimum Gasteiger partial charge on any atom is -0.618 e. The average molecular weight is 518 g/mol. The molecule has 0 aliphatic heterocycles. The summed E-state index contributed by atoms with van der Waals surface area (Å²) in [4.78, 5) is 26.1. The van der Waals surface area contributed by atoms with E-state index in [1.165, 1.54) is 36.1 Å². The van der Waals surface area contributed by atoms with Crippen molar-refractivity contribution < 1.29 is 23.1 Å². The maximum atomic E-state index is 15.1. The molecule has 8 nitrogen and oxygen atoms in total. The van der Waals surface area contributed by atoms with E-state index in [-0.39, 0.29) is 39.1 Å². The summed E-state index contributed by atoms with van der Waals surface area (Å²) < 4.78 is 32.1. The van der Waals surface area contributed by atoms with Gasteiger partial charge >= 0.3 is 0 Å². The topological polar surface area (TPSA) is 103 Å². The van der Waals surface area contributed by atoms with Crippen molar-refractivity contribution >= 4 is 29.1 Å². The van der Waals surface area contributed by atoms with Crippen LogP contribution in [0.2, 0.25) is 5.02 Å². The molecular weight excluding hydrogens is 492 g/mol. The van der Waals surface area contributed by atoms with E-state index in [9.17, 15) is 14.8 Å². The third-order valence-electron chi connectivity index (χ3n) is 6.62. The van der Waals surface area contributed by atoms with Crippen LogP contribution in [0.15, 0.2) is 36.7 Å². The van der Waals surface area contributed by atoms with Crippen LogP contribution in [0.5, 0.6) is 0 Å². The standard InChI is InChI=1S/C25H26ClF2N5O3/c1-14-22(17(26)9-11-33(14)36)16-12-19(28)20(13-18(16)27)30-25(35)23(15-6-4-3-5-7-15)31-24(34)21-8-10-29-32(21)2/h8-13,15,23H,3-7H2,1-2H3,(H,30,35)(H,31,34). The molecule has 1 fully saturated rings. The quantitative estimate of drug-likeness (QED) is 0.376. The van der Waals surface area contributed by atoms with E-state index >= 15 is 8.78 Å². The fourth-order valence-electron chi connectivity index (χ4n) is 4.66. The maximum Gasteiger partial charge on any atom is 0.270 e. The van der Waals surface area contributed by atoms with Gasteiger partial charge in [0.25, 0.3) is 5.91 Å². The average Bonchev–Trinajstić information content (AvgIpc) is 3.29. The van der Waals surface area contributed by atoms with E-state index in [1.807, 2.05) is 0 Å². The van der Waals surface area contributed by atoms with Crippen molar-refractivity contribution in [2.45, 2.75) is 45.1 Å². The lowest BCUT2D eigenvalue weighted by molar-refractivity contribution is -0.611. The second-order valence-electron chi connectivity index (χ2n) is 8.94. The lowest BCUT2D eigenvalue weighted by Crippen LogP contribution is -2.49. The summed E-state index contributed by atoms with van der Waals surface area (Å²) >= 11 is 6.16. The highest BCUT2D eigenvalue weighted by Gasteiger charge is 2.32. The zero-order valence-electron chi connectivity index (χ0n) is 19.9. The second kappa shape index (κ2) is 10.6. The van der Waals surface area contributed by atoms with Crippen LogP contribution in [-0.2, 0) is 11.8 Å². The lowest BCUT2D eigenvalue weighted by atomic mass is 9.83. The number of anilines is 1. The smallest absolute Gasteiger partial charge is 0.270 e. The van der Waals surface area contributed by atoms with Crippen LogP contribution in [0.25, 0.3) is 11.1 Å². The number of rotatable bonds is 6. The summed E-state index contributed by atoms with van der Waals surface area (Å²) in [6.07, 6.45) is 6.94. The van der Waals surface area contributed by atoms with E-state index in [0.717, 1.165) is 44.2 Å². The molecule has 2 heterocycles. The molecule has 36 heavy (non-hydrogen) atoms. The molecule has 0 radical (unpaired) electrons. The molecule has 3 aromatic rings. The zero-order chi connectivity index (χ0) is 26.0. The van der Waals surface area contributed by atoms with E-state index in [1.54, 1.807) is 7.05 Å². The Hall–Kier alpha value is -3.53. The van der Waals surface area contributed by atoms with Crippen molar-refractivity contribution in [3.05, 3.63) is 69.9 Å². The molecule has 1 saturated carbocycles. The van der Waals surface area contributed by atoms with Gasteiger partial charge in [-0.05, 0) is 30.9 Å². The Balaban J connectivity index is 1.61. The number of benzene rings is 1. The van der Waals surface area contributed by atoms with Crippen molar-refractivity contribution in [2.75, 3.05) is 5.32 Å². The SMILES string of the molecule is Cc1c(-c2cc(F)c(NC(=O)C(NC(=O)c3ccnn3C)C3CCCCC3)cc2F)c(Cl)cc[n+]1[O-]. The first-order valence-electron chi connectivity index (χ1n) is 11.6. The number of carbonyl (C=O) groups is 2. The fraction of sp³-hybridized carbons (Fsp3) is 0.360. The van der Waals surface area contributed by atoms with Crippen LogP contribution in [0, 0.1) is 29.7 Å². The van der Waals surface area contributed by atoms with Gasteiger partial charge in [0.2, 0.25) is 5.91 Å². The highest BCUT2D eigenvalue weighted by atomic mass is 35.5. The number of nitrogens with zero attached hydrogens (tertiary/aromatic N) is 3. The van der Waals surface area contributed by atoms with Crippen LogP contribution in [0.3, 0.4) is 0 Å². The van der Waals surface area contributed by atoms with Gasteiger partial charge in [0, 0.05) is 37.9 Å². The molecule has 2 N–H and O–H groups in total. The summed E-state index contributed by atoms with van der Waals surface area (Å²) in [6, 6.07) is 3.62. The Morgan fingerprint density at radius 1 is 1.19 bits per heavy atom. The van der Waals surface area contributed by atoms with Crippen molar-refractivity contribution in [3.63, 3.8) is 0 Å². The zero-order valence-corrected chi connectivity index (χ0v) is 20.6. The fourth-order valence-corrected chi connectivity index (χ4v) is 4.95. The van der Waals surface area contributed by atoms with Crippen LogP contribution in [-0.4, -0.2) is 27.6 Å². The number of amides is 2. The third kappa shape index (κ3) is 5.18. The molecule has 1 aliphatic rings. The van der Waals surface area contributed by atoms with Crippen LogP contribution < -0.4 is 15.4 Å². The normalized spacial score (nSPS) is 14.9. The predicted octanol–water partition coefficient (Wildman–Crippen LogP) is 4.28. The Labute approximate surface area is 211 Å². The Morgan fingerprint density at radius 2 is 1.92 bits per heavy atom. The Kier molecular flexibility index (Phi) is 7.53. The third-order valence-corrected chi connectivity index (χ3v) is 6.93. The number of hydrogen-bond donors (Lipinski definition) is 2. The largest absolute Gasteiger partial charge is 0.618 e. The number of hydrogen-bond acceptors (Lipinski definition) is 4. The van der Waals surface area contributed by atoms with E-state index < -0.39 is 29.5 Å². The highest BCUT2D eigenvalue weighted by Crippen LogP contribution is 2.34. The minimum absolute atomic E-state index is 0.0620. The summed E-state index contributed by atoms with van der Waals surface area (Å²) in [7, 11) is 1.61. The number of nitrogens with one attached hydrogen (secondary N) is 2. The molecule has 0 bridgehead atoms. The summed E-state index contributed by atoms with van der Waals surface area (Å²) in [5.74, 6) is -3.05. The van der Waals surface area contributed by atoms with Gasteiger partial charge in [0.05, 0.1) is 16.3 Å². The monoisotopic (exact) mass is 517 g/mol. The lowest BCUT2D eigenvalue weighted by Gasteiger charge is -2.30. The van der Waals surface area contributed by atoms with Crippen LogP contribution in [0.4, 0.5) is 14.5 Å². The number of aromatic nitrogens is 3. The first-order valence-corrected chi connectivity index (χ1v) is 12.0. The van der Waals surface area contributed by atoms with Crippen molar-refractivity contribution in [2.24, 2.45) is 13.0 Å². The number of pyridine rings is 1. The Morgan fingerprint density at radius 3 is 2.58 bits per heavy atom. The summed E-state index contributed by atoms with van der Waals surface area (Å²) in [6.45, 7) is 1.45. The van der Waals surface area contributed by atoms with Crippen LogP contribution >= 0.6 is 11.6 Å². The second-order valence-corrected chi connectivity index (χ2v) is 9.35. The molecule has 190 valence electrons. The molecule has 11 heteroatoms. The summed E-state index contributed by atoms with van der Waals surface area (Å²) in [5.41, 5.74) is -0.140. The number of carbonyl (C=O) groups excluding carboxylic acids is 2. The first kappa shape index (κ1) is 25.6. The molecule has 2 amide bonds. The molecule has 0 spiro atoms. The van der Waals surface area contributed by atoms with Gasteiger partial charge in [-0.25, -0.2) is 8.78 Å². The maximum absolute atomic E-state index is 15.1. The van der Waals surface area contributed by atoms with Crippen molar-refractivity contribution in [1.29, 1.82) is 0 Å². The molecule has 1 atom stereocenters. The molecule has 0 saturated heterocycles. The minimum atomic E-state index is -0.944. The number of aryl methyl sites for hydroxylation is 1. The predicted molar refractivity (Wildman–Crippen MR) is 130 cm³/mol. The Bertz CT molecular complexity index is 1310. The van der Waals surface area contributed by atoms with Gasteiger partial charge in [-0.1, -0.05) is 30.9 Å². The van der Waals surface area contributed by atoms with Gasteiger partial charge in [-0.15, -0.1) is 0 Å². The van der Waals surface area contributed by atoms with Gasteiger partial charge in [-0.2, -0.15) is 9.83 Å². The molecular formula is C25H26ClF2N5O3. The van der Waals surface area contributed by atoms with Crippen molar-refractivity contribution in [1.82, 2.24) is 15.1 Å². The highest BCUT2D eigenvalue weighted by molar-refractivity contribution is 6.33. The number of halogens is 3. The molecule has 1 aromatic carbocycles. The van der Waals surface area contributed by atoms with E-state index in [0.29, 0.717) is 4.73 Å². The van der Waals surface area contributed by atoms with E-state index in [4.69, 9.17) is 11.6 Å². The summed E-state index contributed by atoms with van der Waals surface area (Å²) in [5, 5.41) is 21.2. The molecule has 1 unspecified atom stereocenters. The van der Waals surface area contributed by atoms with Gasteiger partial charge in [-0.3, -0.25) is 14.3 Å². The van der Waals surface area contributed by atoms with Gasteiger partial charge in [0.1, 0.15) is 23.4 Å². The van der Waals surface area contributed by atoms with E-state index in [2.05, 4.69) is 15.7 Å². The molecule has 2 aromatic heterocycles. The molecule has 1 aliphatic carbocycles. The van der Waals surface area contributed by atoms with Crippen molar-refractivity contribution in [3.8, 4) is 11.1 Å². The van der Waals surface area contributed by atoms with Gasteiger partial charge in [0.15, 0.2) is 11.9 Å². The van der Waals surface area contributed by atoms with Crippen LogP contribution in [0.1, 0.15) is 48.3 Å².